The number of aliphatic hydroxyl groups is 1. The number of nitrogens with one attached hydrogen (secondary N) is 1. The van der Waals surface area contributed by atoms with E-state index in [1.807, 2.05) is 0 Å². The molecule has 0 bridgehead atoms. The van der Waals surface area contributed by atoms with Crippen molar-refractivity contribution in [3.63, 3.8) is 0 Å². The zero-order valence-corrected chi connectivity index (χ0v) is 10.9. The summed E-state index contributed by atoms with van der Waals surface area (Å²) in [5.41, 5.74) is 0. The van der Waals surface area contributed by atoms with Gasteiger partial charge in [-0.05, 0) is 25.7 Å². The summed E-state index contributed by atoms with van der Waals surface area (Å²) in [6.07, 6.45) is 5.91. The number of aromatic nitrogens is 1. The van der Waals surface area contributed by atoms with Gasteiger partial charge in [0.15, 0.2) is 5.13 Å². The van der Waals surface area contributed by atoms with Gasteiger partial charge < -0.3 is 15.3 Å². The third kappa shape index (κ3) is 2.35. The molecule has 1 atom stereocenters. The highest BCUT2D eigenvalue weighted by Crippen LogP contribution is 2.30. The summed E-state index contributed by atoms with van der Waals surface area (Å²) >= 11 is 1.42. The second-order valence-electron chi connectivity index (χ2n) is 4.93. The predicted molar refractivity (Wildman–Crippen MR) is 70.1 cm³/mol. The van der Waals surface area contributed by atoms with Crippen LogP contribution in [0.25, 0.3) is 0 Å². The fourth-order valence-electron chi connectivity index (χ4n) is 2.26. The van der Waals surface area contributed by atoms with Crippen LogP contribution in [0.2, 0.25) is 0 Å². The summed E-state index contributed by atoms with van der Waals surface area (Å²) in [6, 6.07) is 0.538. The third-order valence-corrected chi connectivity index (χ3v) is 4.50. The molecule has 2 fully saturated rings. The molecule has 1 amide bonds. The highest BCUT2D eigenvalue weighted by molar-refractivity contribution is 7.17. The minimum absolute atomic E-state index is 0.0130. The first-order chi connectivity index (χ1) is 8.78. The van der Waals surface area contributed by atoms with E-state index in [1.54, 1.807) is 6.20 Å². The SMILES string of the molecule is O=C(NC1CC1)c1cnc(N2CCCC2CO)s1. The third-order valence-electron chi connectivity index (χ3n) is 3.46. The minimum atomic E-state index is -0.0130. The second kappa shape index (κ2) is 4.85. The molecule has 1 aliphatic heterocycles. The van der Waals surface area contributed by atoms with E-state index in [0.717, 1.165) is 37.4 Å². The second-order valence-corrected chi connectivity index (χ2v) is 5.94. The Morgan fingerprint density at radius 1 is 1.56 bits per heavy atom. The summed E-state index contributed by atoms with van der Waals surface area (Å²) in [6.45, 7) is 1.08. The van der Waals surface area contributed by atoms with Crippen LogP contribution in [-0.4, -0.2) is 41.2 Å². The molecule has 1 aliphatic carbocycles. The molecule has 1 aromatic heterocycles. The number of amides is 1. The first kappa shape index (κ1) is 11.9. The van der Waals surface area contributed by atoms with Gasteiger partial charge in [0.2, 0.25) is 0 Å². The highest BCUT2D eigenvalue weighted by Gasteiger charge is 2.28. The van der Waals surface area contributed by atoms with Gasteiger partial charge in [0, 0.05) is 12.6 Å². The van der Waals surface area contributed by atoms with Crippen molar-refractivity contribution in [2.75, 3.05) is 18.1 Å². The smallest absolute Gasteiger partial charge is 0.263 e. The van der Waals surface area contributed by atoms with Gasteiger partial charge in [-0.15, -0.1) is 0 Å². The average Bonchev–Trinajstić information content (AvgIpc) is 2.91. The molecule has 2 aliphatic rings. The summed E-state index contributed by atoms with van der Waals surface area (Å²) in [7, 11) is 0. The van der Waals surface area contributed by atoms with Crippen molar-refractivity contribution in [1.29, 1.82) is 0 Å². The quantitative estimate of drug-likeness (QED) is 0.854. The van der Waals surface area contributed by atoms with Gasteiger partial charge in [0.25, 0.3) is 5.91 Å². The Labute approximate surface area is 110 Å². The molecule has 98 valence electrons. The largest absolute Gasteiger partial charge is 0.394 e. The zero-order chi connectivity index (χ0) is 12.5. The van der Waals surface area contributed by atoms with Gasteiger partial charge in [0.1, 0.15) is 4.88 Å². The van der Waals surface area contributed by atoms with E-state index in [0.29, 0.717) is 10.9 Å². The monoisotopic (exact) mass is 267 g/mol. The number of nitrogens with zero attached hydrogens (tertiary/aromatic N) is 2. The van der Waals surface area contributed by atoms with Crippen LogP contribution < -0.4 is 10.2 Å². The number of hydrogen-bond acceptors (Lipinski definition) is 5. The van der Waals surface area contributed by atoms with Crippen LogP contribution in [0.3, 0.4) is 0 Å². The van der Waals surface area contributed by atoms with E-state index in [9.17, 15) is 9.90 Å². The molecule has 3 rings (SSSR count). The van der Waals surface area contributed by atoms with Gasteiger partial charge in [-0.1, -0.05) is 11.3 Å². The molecule has 1 aromatic rings. The molecule has 6 heteroatoms. The Morgan fingerprint density at radius 2 is 2.39 bits per heavy atom. The molecule has 1 saturated carbocycles. The average molecular weight is 267 g/mol. The van der Waals surface area contributed by atoms with E-state index in [-0.39, 0.29) is 18.6 Å². The first-order valence-corrected chi connectivity index (χ1v) is 7.24. The summed E-state index contributed by atoms with van der Waals surface area (Å²) in [5.74, 6) is -0.0130. The molecule has 0 radical (unpaired) electrons. The Morgan fingerprint density at radius 3 is 3.11 bits per heavy atom. The molecular weight excluding hydrogens is 250 g/mol. The molecule has 5 nitrogen and oxygen atoms in total. The Kier molecular flexibility index (Phi) is 3.22. The Hall–Kier alpha value is -1.14. The van der Waals surface area contributed by atoms with Gasteiger partial charge in [-0.2, -0.15) is 0 Å². The number of rotatable bonds is 4. The van der Waals surface area contributed by atoms with Crippen molar-refractivity contribution in [1.82, 2.24) is 10.3 Å². The normalized spacial score (nSPS) is 23.4. The number of carbonyl (C=O) groups excluding carboxylic acids is 1. The lowest BCUT2D eigenvalue weighted by Crippen LogP contribution is -2.31. The van der Waals surface area contributed by atoms with E-state index >= 15 is 0 Å². The fraction of sp³-hybridized carbons (Fsp3) is 0.667. The van der Waals surface area contributed by atoms with Crippen molar-refractivity contribution in [2.45, 2.75) is 37.8 Å². The van der Waals surface area contributed by atoms with Gasteiger partial charge in [-0.3, -0.25) is 4.79 Å². The lowest BCUT2D eigenvalue weighted by molar-refractivity contribution is 0.0955. The molecule has 1 unspecified atom stereocenters. The Balaban J connectivity index is 1.70. The molecule has 18 heavy (non-hydrogen) atoms. The summed E-state index contributed by atoms with van der Waals surface area (Å²) in [4.78, 5) is 19.0. The van der Waals surface area contributed by atoms with E-state index in [1.165, 1.54) is 11.3 Å². The molecule has 1 saturated heterocycles. The fourth-order valence-corrected chi connectivity index (χ4v) is 3.18. The van der Waals surface area contributed by atoms with Crippen LogP contribution in [0.5, 0.6) is 0 Å². The van der Waals surface area contributed by atoms with Crippen LogP contribution in [0.1, 0.15) is 35.4 Å². The van der Waals surface area contributed by atoms with E-state index in [4.69, 9.17) is 0 Å². The number of hydrogen-bond donors (Lipinski definition) is 2. The van der Waals surface area contributed by atoms with Crippen molar-refractivity contribution < 1.29 is 9.90 Å². The van der Waals surface area contributed by atoms with Crippen molar-refractivity contribution in [3.05, 3.63) is 11.1 Å². The molecule has 2 heterocycles. The molecule has 0 spiro atoms. The van der Waals surface area contributed by atoms with Crippen LogP contribution >= 0.6 is 11.3 Å². The zero-order valence-electron chi connectivity index (χ0n) is 10.1. The first-order valence-electron chi connectivity index (χ1n) is 6.42. The number of thiazole rings is 1. The van der Waals surface area contributed by atoms with Crippen LogP contribution in [0.4, 0.5) is 5.13 Å². The number of aliphatic hydroxyl groups excluding tert-OH is 1. The maximum Gasteiger partial charge on any atom is 0.263 e. The van der Waals surface area contributed by atoms with Gasteiger partial charge in [0.05, 0.1) is 18.8 Å². The highest BCUT2D eigenvalue weighted by atomic mass is 32.1. The van der Waals surface area contributed by atoms with Crippen LogP contribution in [0, 0.1) is 0 Å². The number of carbonyl (C=O) groups is 1. The summed E-state index contributed by atoms with van der Waals surface area (Å²) in [5, 5.41) is 13.1. The standard InChI is InChI=1S/C12H17N3O2S/c16-7-9-2-1-5-15(9)12-13-6-10(18-12)11(17)14-8-3-4-8/h6,8-9,16H,1-5,7H2,(H,14,17). The van der Waals surface area contributed by atoms with Crippen molar-refractivity contribution in [3.8, 4) is 0 Å². The van der Waals surface area contributed by atoms with E-state index in [2.05, 4.69) is 15.2 Å². The van der Waals surface area contributed by atoms with Crippen molar-refractivity contribution >= 4 is 22.4 Å². The molecule has 0 aromatic carbocycles. The van der Waals surface area contributed by atoms with Crippen LogP contribution in [0.15, 0.2) is 6.20 Å². The molecule has 2 N–H and O–H groups in total. The minimum Gasteiger partial charge on any atom is -0.394 e. The number of anilines is 1. The summed E-state index contributed by atoms with van der Waals surface area (Å²) < 4.78 is 0. The van der Waals surface area contributed by atoms with Crippen molar-refractivity contribution in [2.24, 2.45) is 0 Å². The van der Waals surface area contributed by atoms with Gasteiger partial charge in [-0.25, -0.2) is 4.98 Å². The van der Waals surface area contributed by atoms with Gasteiger partial charge >= 0.3 is 0 Å². The lowest BCUT2D eigenvalue weighted by Gasteiger charge is -2.21. The molecular formula is C12H17N3O2S. The maximum atomic E-state index is 11.9. The maximum absolute atomic E-state index is 11.9. The predicted octanol–water partition coefficient (Wildman–Crippen LogP) is 0.996. The Bertz CT molecular complexity index is 444. The topological polar surface area (TPSA) is 65.5 Å². The van der Waals surface area contributed by atoms with Crippen LogP contribution in [-0.2, 0) is 0 Å². The lowest BCUT2D eigenvalue weighted by atomic mass is 10.2. The van der Waals surface area contributed by atoms with E-state index < -0.39 is 0 Å².